The van der Waals surface area contributed by atoms with Crippen LogP contribution in [0.25, 0.3) is 0 Å². The molecule has 0 fully saturated rings. The summed E-state index contributed by atoms with van der Waals surface area (Å²) in [6, 6.07) is 0. The van der Waals surface area contributed by atoms with Crippen LogP contribution in [0.5, 0.6) is 0 Å². The second kappa shape index (κ2) is 78.9. The van der Waals surface area contributed by atoms with Crippen molar-refractivity contribution < 1.29 is 74.0 Å². The van der Waals surface area contributed by atoms with E-state index in [1.165, 1.54) is 0 Å². The predicted octanol–water partition coefficient (Wildman–Crippen LogP) is 1.80. The van der Waals surface area contributed by atoms with E-state index in [1.54, 1.807) is 28.8 Å². The summed E-state index contributed by atoms with van der Waals surface area (Å²) in [4.78, 5) is 0. The molecule has 0 aromatic carbocycles. The first-order valence-corrected chi connectivity index (χ1v) is 11.2. The van der Waals surface area contributed by atoms with Crippen molar-refractivity contribution in [3.63, 3.8) is 0 Å². The second-order valence-corrected chi connectivity index (χ2v) is 7.99. The van der Waals surface area contributed by atoms with Gasteiger partial charge in [-0.15, -0.1) is 9.24 Å². The van der Waals surface area contributed by atoms with E-state index in [0.717, 1.165) is 0 Å². The molecule has 0 radical (unpaired) electrons. The molecule has 7 heteroatoms. The Hall–Kier alpha value is 5.30. The maximum absolute atomic E-state index is 4.16. The van der Waals surface area contributed by atoms with Crippen LogP contribution in [0, 0.1) is 14.9 Å². The van der Waals surface area contributed by atoms with Crippen LogP contribution in [0.4, 0.5) is 0 Å². The van der Waals surface area contributed by atoms with Crippen molar-refractivity contribution in [2.75, 3.05) is 6.66 Å². The quantitative estimate of drug-likeness (QED) is 0.164. The van der Waals surface area contributed by atoms with Crippen LogP contribution in [-0.2, 0) is 21.2 Å². The van der Waals surface area contributed by atoms with Crippen LogP contribution in [0.3, 0.4) is 0 Å². The van der Waals surface area contributed by atoms with Crippen LogP contribution < -0.4 is 51.4 Å². The minimum atomic E-state index is 0. The molecule has 0 bridgehead atoms. The van der Waals surface area contributed by atoms with Crippen LogP contribution in [0.1, 0.15) is 8.85 Å². The van der Waals surface area contributed by atoms with Gasteiger partial charge in [-0.1, -0.05) is 14.1 Å². The molecule has 0 saturated carbocycles. The smallest absolute Gasteiger partial charge is 1.00 e. The summed E-state index contributed by atoms with van der Waals surface area (Å²) in [7, 11) is 4.17. The average molecular weight is 642 g/mol. The van der Waals surface area contributed by atoms with E-state index in [2.05, 4.69) is 62.7 Å². The number of hydrogen-bond donors (Lipinski definition) is 0. The summed E-state index contributed by atoms with van der Waals surface area (Å²) in [6.45, 7) is 1.92. The molecule has 1 unspecified atom stereocenters. The van der Waals surface area contributed by atoms with Gasteiger partial charge in [-0.25, -0.2) is 0 Å². The second-order valence-electron chi connectivity index (χ2n) is 0.0431. The minimum Gasteiger partial charge on any atom is 1.00 e. The van der Waals surface area contributed by atoms with Gasteiger partial charge in [-0.2, -0.15) is 0 Å². The van der Waals surface area contributed by atoms with Gasteiger partial charge in [0, 0.05) is 0 Å². The van der Waals surface area contributed by atoms with Gasteiger partial charge in [-0.3, -0.25) is 0 Å². The maximum atomic E-state index is 4.16. The van der Waals surface area contributed by atoms with E-state index in [-0.39, 0.29) is 75.1 Å². The van der Waals surface area contributed by atoms with Crippen LogP contribution >= 0.6 is 70.3 Å². The number of hydrogen-bond acceptors (Lipinski definition) is 0. The van der Waals surface area contributed by atoms with Gasteiger partial charge in [0.05, 0.1) is 0 Å². The Bertz CT molecular complexity index is 28.3. The van der Waals surface area contributed by atoms with Gasteiger partial charge in [0.25, 0.3) is 0 Å². The van der Waals surface area contributed by atoms with Crippen molar-refractivity contribution in [2.45, 2.75) is 7.43 Å². The fourth-order valence-electron chi connectivity index (χ4n) is 0. The Kier molecular flexibility index (Phi) is 316. The molecule has 0 saturated heterocycles. The first kappa shape index (κ1) is 44.1. The van der Waals surface area contributed by atoms with Gasteiger partial charge in [0.2, 0.25) is 0 Å². The average Bonchev–Trinajstić information content (AvgIpc) is 1.78. The molecule has 0 nitrogen and oxygen atoms in total. The van der Waals surface area contributed by atoms with Crippen molar-refractivity contribution in [2.24, 2.45) is 0 Å². The molecule has 1 atom stereocenters. The fraction of sp³-hybridized carbons (Fsp3) is 0.500. The summed E-state index contributed by atoms with van der Waals surface area (Å²) in [6.07, 6.45) is 0. The summed E-state index contributed by atoms with van der Waals surface area (Å²) < 4.78 is 0. The Morgan fingerprint density at radius 3 is 1.18 bits per heavy atom. The number of halogens is 3. The Morgan fingerprint density at radius 2 is 1.18 bits per heavy atom. The topological polar surface area (TPSA) is 0 Å². The SMILES string of the molecule is C.CP.[CH3-].[CH3-].[Cu+][I].[H-].[I][Cu][I].[K+]. The van der Waals surface area contributed by atoms with Crippen LogP contribution in [-0.4, -0.2) is 6.66 Å². The van der Waals surface area contributed by atoms with Gasteiger partial charge in [0.15, 0.2) is 0 Å². The molecule has 0 aliphatic heterocycles. The zero-order valence-electron chi connectivity index (χ0n) is 7.31. The molecule has 0 aliphatic carbocycles. The third-order valence-corrected chi connectivity index (χ3v) is 0. The molecule has 11 heavy (non-hydrogen) atoms. The fourth-order valence-corrected chi connectivity index (χ4v) is 0. The van der Waals surface area contributed by atoms with Crippen molar-refractivity contribution in [3.05, 3.63) is 14.9 Å². The Balaban J connectivity index is -0.00000000281. The Morgan fingerprint density at radius 1 is 1.18 bits per heavy atom. The standard InChI is InChI=1S/CH5P.CH4.2CH3.2Cu.3HI.K.H/c1-2;;;;;;;;;;/h2H2,1H3;1H4;2*1H3;;;3*1H;;/q;;2*-1;2*+2;;;;+1;-1/p-3. The van der Waals surface area contributed by atoms with E-state index in [9.17, 15) is 0 Å². The summed E-state index contributed by atoms with van der Waals surface area (Å²) in [5, 5.41) is 0. The van der Waals surface area contributed by atoms with E-state index < -0.39 is 0 Å². The third-order valence-electron chi connectivity index (χ3n) is 0. The summed E-state index contributed by atoms with van der Waals surface area (Å²) >= 11 is 10.2. The molecule has 0 aliphatic rings. The largest absolute Gasteiger partial charge is 1.00 e. The monoisotopic (exact) mass is 641 g/mol. The van der Waals surface area contributed by atoms with Crippen LogP contribution in [0.15, 0.2) is 0 Å². The molecule has 0 aromatic rings. The normalized spacial score (nSPS) is 3.18. The first-order chi connectivity index (χ1) is 3.41. The van der Waals surface area contributed by atoms with Crippen molar-refractivity contribution >= 4 is 70.3 Å². The van der Waals surface area contributed by atoms with Gasteiger partial charge in [-0.05, 0) is 0 Å². The Labute approximate surface area is 168 Å². The molecule has 82 valence electrons. The van der Waals surface area contributed by atoms with Gasteiger partial charge in [0.1, 0.15) is 0 Å². The van der Waals surface area contributed by atoms with E-state index in [0.29, 0.717) is 0 Å². The third kappa shape index (κ3) is 96.4. The van der Waals surface area contributed by atoms with E-state index >= 15 is 0 Å². The molecule has 0 heterocycles. The molecule has 0 spiro atoms. The molecular formula is C4H16Cu2I3KP-. The molecular weight excluding hydrogens is 626 g/mol. The molecule has 0 amide bonds. The van der Waals surface area contributed by atoms with Gasteiger partial charge >= 0.3 is 134 Å². The number of rotatable bonds is 0. The molecule has 0 aromatic heterocycles. The predicted molar refractivity (Wildman–Crippen MR) is 78.4 cm³/mol. The van der Waals surface area contributed by atoms with E-state index in [4.69, 9.17) is 0 Å². The van der Waals surface area contributed by atoms with E-state index in [1.807, 2.05) is 6.66 Å². The van der Waals surface area contributed by atoms with Gasteiger partial charge < -0.3 is 16.3 Å². The van der Waals surface area contributed by atoms with Crippen LogP contribution in [0.2, 0.25) is 0 Å². The molecule has 0 rings (SSSR count). The maximum Gasteiger partial charge on any atom is 1.00 e. The minimum absolute atomic E-state index is 0. The molecule has 0 N–H and O–H groups in total. The van der Waals surface area contributed by atoms with Crippen molar-refractivity contribution in [3.8, 4) is 0 Å². The zero-order valence-corrected chi connectivity index (χ0v) is 18.9. The summed E-state index contributed by atoms with van der Waals surface area (Å²) in [5.41, 5.74) is 0. The first-order valence-electron chi connectivity index (χ1n) is 0.919. The van der Waals surface area contributed by atoms with Crippen molar-refractivity contribution in [1.82, 2.24) is 0 Å². The summed E-state index contributed by atoms with van der Waals surface area (Å²) in [5.74, 6) is 0. The van der Waals surface area contributed by atoms with Crippen molar-refractivity contribution in [1.29, 1.82) is 0 Å². The zero-order chi connectivity index (χ0) is 6.71.